The summed E-state index contributed by atoms with van der Waals surface area (Å²) in [5, 5.41) is 11.3. The van der Waals surface area contributed by atoms with Crippen LogP contribution < -0.4 is 11.1 Å². The van der Waals surface area contributed by atoms with Crippen LogP contribution in [0.25, 0.3) is 0 Å². The standard InChI is InChI=1S/C15H19N5OS/c1-4-8-20-14(16)18-19-15(20)22-9-13(21)17-12-7-5-6-10(2)11(12)3/h4-7H,1,8-9H2,2-3H3,(H2,16,18)(H,17,21). The topological polar surface area (TPSA) is 85.8 Å². The van der Waals surface area contributed by atoms with Crippen molar-refractivity contribution >= 4 is 29.3 Å². The average molecular weight is 317 g/mol. The van der Waals surface area contributed by atoms with Gasteiger partial charge < -0.3 is 11.1 Å². The number of anilines is 2. The Balaban J connectivity index is 1.99. The number of carbonyl (C=O) groups is 1. The van der Waals surface area contributed by atoms with Gasteiger partial charge in [0.25, 0.3) is 0 Å². The molecule has 0 aliphatic heterocycles. The number of nitrogen functional groups attached to an aromatic ring is 1. The number of thioether (sulfide) groups is 1. The summed E-state index contributed by atoms with van der Waals surface area (Å²) in [6, 6.07) is 5.83. The number of hydrogen-bond donors (Lipinski definition) is 2. The van der Waals surface area contributed by atoms with E-state index in [1.54, 1.807) is 10.6 Å². The van der Waals surface area contributed by atoms with Crippen LogP contribution in [0.5, 0.6) is 0 Å². The highest BCUT2D eigenvalue weighted by molar-refractivity contribution is 7.99. The van der Waals surface area contributed by atoms with Crippen LogP contribution in [0.15, 0.2) is 36.0 Å². The zero-order valence-electron chi connectivity index (χ0n) is 12.7. The van der Waals surface area contributed by atoms with Crippen LogP contribution in [0.4, 0.5) is 11.6 Å². The highest BCUT2D eigenvalue weighted by atomic mass is 32.2. The maximum absolute atomic E-state index is 12.1. The van der Waals surface area contributed by atoms with Crippen LogP contribution >= 0.6 is 11.8 Å². The van der Waals surface area contributed by atoms with Gasteiger partial charge in [0, 0.05) is 12.2 Å². The zero-order valence-corrected chi connectivity index (χ0v) is 13.5. The smallest absolute Gasteiger partial charge is 0.234 e. The summed E-state index contributed by atoms with van der Waals surface area (Å²) >= 11 is 1.29. The SMILES string of the molecule is C=CCn1c(N)nnc1SCC(=O)Nc1cccc(C)c1C. The first-order valence-electron chi connectivity index (χ1n) is 6.81. The molecule has 22 heavy (non-hydrogen) atoms. The van der Waals surface area contributed by atoms with Crippen molar-refractivity contribution in [3.8, 4) is 0 Å². The lowest BCUT2D eigenvalue weighted by atomic mass is 10.1. The molecule has 0 fully saturated rings. The van der Waals surface area contributed by atoms with Gasteiger partial charge >= 0.3 is 0 Å². The molecule has 0 atom stereocenters. The number of carbonyl (C=O) groups excluding carboxylic acids is 1. The van der Waals surface area contributed by atoms with Crippen molar-refractivity contribution in [3.05, 3.63) is 42.0 Å². The Labute approximate surface area is 133 Å². The van der Waals surface area contributed by atoms with E-state index in [0.29, 0.717) is 17.6 Å². The highest BCUT2D eigenvalue weighted by Gasteiger charge is 2.12. The van der Waals surface area contributed by atoms with Crippen molar-refractivity contribution in [2.45, 2.75) is 25.5 Å². The van der Waals surface area contributed by atoms with E-state index in [4.69, 9.17) is 5.73 Å². The number of amides is 1. The minimum absolute atomic E-state index is 0.0922. The number of allylic oxidation sites excluding steroid dienone is 1. The quantitative estimate of drug-likeness (QED) is 0.631. The molecule has 0 spiro atoms. The third-order valence-corrected chi connectivity index (χ3v) is 4.23. The van der Waals surface area contributed by atoms with E-state index in [9.17, 15) is 4.79 Å². The zero-order chi connectivity index (χ0) is 16.1. The summed E-state index contributed by atoms with van der Waals surface area (Å²) in [6.07, 6.45) is 1.71. The number of nitrogens with one attached hydrogen (secondary N) is 1. The van der Waals surface area contributed by atoms with E-state index >= 15 is 0 Å². The minimum Gasteiger partial charge on any atom is -0.368 e. The number of aryl methyl sites for hydroxylation is 1. The van der Waals surface area contributed by atoms with E-state index in [-0.39, 0.29) is 11.7 Å². The van der Waals surface area contributed by atoms with Gasteiger partial charge in [-0.1, -0.05) is 30.0 Å². The molecule has 1 aromatic carbocycles. The van der Waals surface area contributed by atoms with Gasteiger partial charge in [-0.05, 0) is 31.0 Å². The maximum atomic E-state index is 12.1. The van der Waals surface area contributed by atoms with Crippen LogP contribution in [0, 0.1) is 13.8 Å². The number of nitrogens with zero attached hydrogens (tertiary/aromatic N) is 3. The molecular weight excluding hydrogens is 298 g/mol. The van der Waals surface area contributed by atoms with Gasteiger partial charge in [0.05, 0.1) is 5.75 Å². The second-order valence-electron chi connectivity index (χ2n) is 4.82. The Hall–Kier alpha value is -2.28. The molecule has 3 N–H and O–H groups in total. The van der Waals surface area contributed by atoms with Gasteiger partial charge in [-0.15, -0.1) is 16.8 Å². The Kier molecular flexibility index (Phi) is 5.21. The van der Waals surface area contributed by atoms with Gasteiger partial charge in [0.2, 0.25) is 11.9 Å². The monoisotopic (exact) mass is 317 g/mol. The molecule has 116 valence electrons. The predicted molar refractivity (Wildman–Crippen MR) is 89.9 cm³/mol. The molecule has 2 rings (SSSR count). The Morgan fingerprint density at radius 3 is 2.95 bits per heavy atom. The lowest BCUT2D eigenvalue weighted by Gasteiger charge is -2.10. The van der Waals surface area contributed by atoms with Crippen LogP contribution in [0.3, 0.4) is 0 Å². The second-order valence-corrected chi connectivity index (χ2v) is 5.77. The number of aromatic nitrogens is 3. The molecule has 1 amide bonds. The van der Waals surface area contributed by atoms with Gasteiger partial charge in [0.15, 0.2) is 5.16 Å². The van der Waals surface area contributed by atoms with Crippen molar-refractivity contribution in [2.24, 2.45) is 0 Å². The molecule has 0 saturated heterocycles. The Bertz CT molecular complexity index is 695. The normalized spacial score (nSPS) is 10.5. The van der Waals surface area contributed by atoms with E-state index in [0.717, 1.165) is 16.8 Å². The van der Waals surface area contributed by atoms with Gasteiger partial charge in [-0.3, -0.25) is 9.36 Å². The van der Waals surface area contributed by atoms with E-state index < -0.39 is 0 Å². The predicted octanol–water partition coefficient (Wildman–Crippen LogP) is 2.39. The number of nitrogens with two attached hydrogens (primary N) is 1. The van der Waals surface area contributed by atoms with E-state index in [1.807, 2.05) is 32.0 Å². The summed E-state index contributed by atoms with van der Waals surface area (Å²) in [5.41, 5.74) is 8.76. The molecule has 2 aromatic rings. The fourth-order valence-corrected chi connectivity index (χ4v) is 2.67. The van der Waals surface area contributed by atoms with Crippen molar-refractivity contribution in [2.75, 3.05) is 16.8 Å². The van der Waals surface area contributed by atoms with Crippen LogP contribution in [0.2, 0.25) is 0 Å². The van der Waals surface area contributed by atoms with Crippen molar-refractivity contribution in [3.63, 3.8) is 0 Å². The lowest BCUT2D eigenvalue weighted by molar-refractivity contribution is -0.113. The van der Waals surface area contributed by atoms with E-state index in [1.165, 1.54) is 11.8 Å². The van der Waals surface area contributed by atoms with Crippen molar-refractivity contribution < 1.29 is 4.79 Å². The summed E-state index contributed by atoms with van der Waals surface area (Å²) in [5.74, 6) is 0.464. The summed E-state index contributed by atoms with van der Waals surface area (Å²) in [4.78, 5) is 12.1. The largest absolute Gasteiger partial charge is 0.368 e. The van der Waals surface area contributed by atoms with Gasteiger partial charge in [0.1, 0.15) is 0 Å². The molecule has 0 aliphatic carbocycles. The molecule has 1 heterocycles. The van der Waals surface area contributed by atoms with Gasteiger partial charge in [-0.2, -0.15) is 0 Å². The fraction of sp³-hybridized carbons (Fsp3) is 0.267. The first-order valence-corrected chi connectivity index (χ1v) is 7.80. The van der Waals surface area contributed by atoms with Crippen LogP contribution in [0.1, 0.15) is 11.1 Å². The summed E-state index contributed by atoms with van der Waals surface area (Å²) in [6.45, 7) is 8.18. The number of rotatable bonds is 6. The third kappa shape index (κ3) is 3.67. The molecule has 0 bridgehead atoms. The number of benzene rings is 1. The van der Waals surface area contributed by atoms with Crippen molar-refractivity contribution in [1.82, 2.24) is 14.8 Å². The summed E-state index contributed by atoms with van der Waals surface area (Å²) < 4.78 is 1.71. The molecule has 0 aliphatic rings. The Morgan fingerprint density at radius 2 is 2.23 bits per heavy atom. The van der Waals surface area contributed by atoms with E-state index in [2.05, 4.69) is 22.1 Å². The lowest BCUT2D eigenvalue weighted by Crippen LogP contribution is -2.15. The molecule has 0 unspecified atom stereocenters. The molecule has 0 radical (unpaired) electrons. The molecule has 6 nitrogen and oxygen atoms in total. The number of hydrogen-bond acceptors (Lipinski definition) is 5. The Morgan fingerprint density at radius 1 is 1.45 bits per heavy atom. The first kappa shape index (κ1) is 16.1. The molecular formula is C15H19N5OS. The van der Waals surface area contributed by atoms with Crippen LogP contribution in [-0.2, 0) is 11.3 Å². The second kappa shape index (κ2) is 7.13. The maximum Gasteiger partial charge on any atom is 0.234 e. The molecule has 0 saturated carbocycles. The minimum atomic E-state index is -0.0922. The summed E-state index contributed by atoms with van der Waals surface area (Å²) in [7, 11) is 0. The average Bonchev–Trinajstić information content (AvgIpc) is 2.83. The molecule has 1 aromatic heterocycles. The first-order chi connectivity index (χ1) is 10.5. The van der Waals surface area contributed by atoms with Gasteiger partial charge in [-0.25, -0.2) is 0 Å². The van der Waals surface area contributed by atoms with Crippen molar-refractivity contribution in [1.29, 1.82) is 0 Å². The highest BCUT2D eigenvalue weighted by Crippen LogP contribution is 2.21. The molecule has 7 heteroatoms. The van der Waals surface area contributed by atoms with Crippen LogP contribution in [-0.4, -0.2) is 26.4 Å². The third-order valence-electron chi connectivity index (χ3n) is 3.27. The fourth-order valence-electron chi connectivity index (χ4n) is 1.91.